The Balaban J connectivity index is 1.98. The number of amides is 1. The highest BCUT2D eigenvalue weighted by atomic mass is 32.1. The van der Waals surface area contributed by atoms with Gasteiger partial charge in [-0.3, -0.25) is 14.9 Å². The third kappa shape index (κ3) is 3.75. The van der Waals surface area contributed by atoms with Gasteiger partial charge in [0.1, 0.15) is 0 Å². The van der Waals surface area contributed by atoms with E-state index in [4.69, 9.17) is 0 Å². The number of hydrogen-bond acceptors (Lipinski definition) is 4. The van der Waals surface area contributed by atoms with E-state index in [-0.39, 0.29) is 10.9 Å². The van der Waals surface area contributed by atoms with E-state index in [2.05, 4.69) is 5.32 Å². The van der Waals surface area contributed by atoms with Crippen LogP contribution in [-0.4, -0.2) is 10.8 Å². The van der Waals surface area contributed by atoms with Crippen molar-refractivity contribution in [3.63, 3.8) is 0 Å². The number of para-hydroxylation sites is 1. The fourth-order valence-corrected chi connectivity index (χ4v) is 2.12. The van der Waals surface area contributed by atoms with Crippen LogP contribution < -0.4 is 5.32 Å². The molecular formula is C13H10N2O3S. The van der Waals surface area contributed by atoms with E-state index in [0.29, 0.717) is 10.6 Å². The molecule has 0 spiro atoms. The van der Waals surface area contributed by atoms with Gasteiger partial charge in [-0.15, -0.1) is 0 Å². The summed E-state index contributed by atoms with van der Waals surface area (Å²) in [7, 11) is 0. The van der Waals surface area contributed by atoms with Crippen LogP contribution in [0.3, 0.4) is 0 Å². The maximum Gasteiger partial charge on any atom is 0.324 e. The molecule has 0 fully saturated rings. The Morgan fingerprint density at radius 3 is 2.58 bits per heavy atom. The predicted octanol–water partition coefficient (Wildman–Crippen LogP) is 3.31. The molecule has 0 atom stereocenters. The van der Waals surface area contributed by atoms with Crippen LogP contribution >= 0.6 is 11.3 Å². The molecule has 6 heteroatoms. The second-order valence-corrected chi connectivity index (χ2v) is 4.72. The quantitative estimate of drug-likeness (QED) is 0.528. The second-order valence-electron chi connectivity index (χ2n) is 3.62. The molecule has 0 aliphatic rings. The monoisotopic (exact) mass is 274 g/mol. The Kier molecular flexibility index (Phi) is 4.04. The Labute approximate surface area is 113 Å². The van der Waals surface area contributed by atoms with Crippen molar-refractivity contribution in [2.24, 2.45) is 0 Å². The summed E-state index contributed by atoms with van der Waals surface area (Å²) in [5.74, 6) is -0.276. The molecule has 1 N–H and O–H groups in total. The van der Waals surface area contributed by atoms with E-state index in [1.165, 1.54) is 12.1 Å². The highest BCUT2D eigenvalue weighted by Crippen LogP contribution is 2.24. The van der Waals surface area contributed by atoms with Gasteiger partial charge >= 0.3 is 5.00 Å². The Morgan fingerprint density at radius 2 is 1.95 bits per heavy atom. The molecule has 1 heterocycles. The highest BCUT2D eigenvalue weighted by molar-refractivity contribution is 7.16. The van der Waals surface area contributed by atoms with Crippen molar-refractivity contribution in [1.29, 1.82) is 0 Å². The summed E-state index contributed by atoms with van der Waals surface area (Å²) in [6.07, 6.45) is 2.90. The van der Waals surface area contributed by atoms with Crippen molar-refractivity contribution in [3.05, 3.63) is 63.5 Å². The Bertz CT molecular complexity index is 620. The number of anilines is 1. The van der Waals surface area contributed by atoms with Gasteiger partial charge < -0.3 is 5.32 Å². The van der Waals surface area contributed by atoms with E-state index >= 15 is 0 Å². The Morgan fingerprint density at radius 1 is 1.21 bits per heavy atom. The summed E-state index contributed by atoms with van der Waals surface area (Å²) in [4.78, 5) is 22.3. The van der Waals surface area contributed by atoms with Gasteiger partial charge in [-0.05, 0) is 24.3 Å². The van der Waals surface area contributed by atoms with E-state index in [1.54, 1.807) is 24.3 Å². The summed E-state index contributed by atoms with van der Waals surface area (Å²) in [6, 6.07) is 12.1. The molecule has 5 nitrogen and oxygen atoms in total. The zero-order chi connectivity index (χ0) is 13.7. The first-order chi connectivity index (χ1) is 9.15. The van der Waals surface area contributed by atoms with Crippen LogP contribution in [0, 0.1) is 10.1 Å². The van der Waals surface area contributed by atoms with Crippen molar-refractivity contribution in [1.82, 2.24) is 0 Å². The summed E-state index contributed by atoms with van der Waals surface area (Å²) in [5.41, 5.74) is 0.703. The molecule has 1 aromatic heterocycles. The summed E-state index contributed by atoms with van der Waals surface area (Å²) >= 11 is 1.02. The lowest BCUT2D eigenvalue weighted by Gasteiger charge is -1.99. The van der Waals surface area contributed by atoms with Crippen LogP contribution in [0.25, 0.3) is 6.08 Å². The standard InChI is InChI=1S/C13H10N2O3S/c16-12(14-10-4-2-1-3-5-10)8-6-11-7-9-13(19-11)15(17)18/h1-9H,(H,14,16)/b8-6+. The van der Waals surface area contributed by atoms with Gasteiger partial charge in [0.25, 0.3) is 0 Å². The molecule has 2 aromatic rings. The smallest absolute Gasteiger partial charge is 0.323 e. The molecule has 0 saturated carbocycles. The molecule has 2 rings (SSSR count). The van der Waals surface area contributed by atoms with Crippen LogP contribution in [0.4, 0.5) is 10.7 Å². The molecule has 0 unspecified atom stereocenters. The summed E-state index contributed by atoms with van der Waals surface area (Å²) < 4.78 is 0. The van der Waals surface area contributed by atoms with Crippen molar-refractivity contribution in [2.75, 3.05) is 5.32 Å². The number of thiophene rings is 1. The van der Waals surface area contributed by atoms with Crippen molar-refractivity contribution >= 4 is 34.0 Å². The molecule has 1 aromatic carbocycles. The number of nitrogens with one attached hydrogen (secondary N) is 1. The van der Waals surface area contributed by atoms with Crippen LogP contribution in [0.2, 0.25) is 0 Å². The summed E-state index contributed by atoms with van der Waals surface area (Å²) in [5, 5.41) is 13.3. The third-order valence-electron chi connectivity index (χ3n) is 2.23. The number of nitrogens with zero attached hydrogens (tertiary/aromatic N) is 1. The average molecular weight is 274 g/mol. The molecule has 1 amide bonds. The third-order valence-corrected chi connectivity index (χ3v) is 3.24. The molecule has 19 heavy (non-hydrogen) atoms. The minimum absolute atomic E-state index is 0.0584. The number of benzene rings is 1. The molecule has 0 radical (unpaired) electrons. The van der Waals surface area contributed by atoms with Crippen LogP contribution in [-0.2, 0) is 4.79 Å². The van der Waals surface area contributed by atoms with Gasteiger partial charge in [0.15, 0.2) is 0 Å². The van der Waals surface area contributed by atoms with Gasteiger partial charge in [-0.1, -0.05) is 29.5 Å². The minimum atomic E-state index is -0.452. The molecule has 96 valence electrons. The van der Waals surface area contributed by atoms with Crippen molar-refractivity contribution in [3.8, 4) is 0 Å². The lowest BCUT2D eigenvalue weighted by Crippen LogP contribution is -2.07. The van der Waals surface area contributed by atoms with Gasteiger partial charge in [0.2, 0.25) is 5.91 Å². The SMILES string of the molecule is O=C(/C=C/c1ccc([N+](=O)[O-])s1)Nc1ccccc1. The predicted molar refractivity (Wildman–Crippen MR) is 75.1 cm³/mol. The molecule has 0 aliphatic heterocycles. The Hall–Kier alpha value is -2.47. The van der Waals surface area contributed by atoms with Crippen molar-refractivity contribution in [2.45, 2.75) is 0 Å². The second kappa shape index (κ2) is 5.92. The topological polar surface area (TPSA) is 72.2 Å². The number of hydrogen-bond donors (Lipinski definition) is 1. The first kappa shape index (κ1) is 13.0. The number of carbonyl (C=O) groups is 1. The first-order valence-corrected chi connectivity index (χ1v) is 6.25. The van der Waals surface area contributed by atoms with Gasteiger partial charge in [0, 0.05) is 22.7 Å². The molecular weight excluding hydrogens is 264 g/mol. The minimum Gasteiger partial charge on any atom is -0.323 e. The summed E-state index contributed by atoms with van der Waals surface area (Å²) in [6.45, 7) is 0. The van der Waals surface area contributed by atoms with Crippen LogP contribution in [0.15, 0.2) is 48.5 Å². The fraction of sp³-hybridized carbons (Fsp3) is 0. The van der Waals surface area contributed by atoms with Gasteiger partial charge in [0.05, 0.1) is 4.92 Å². The molecule has 0 bridgehead atoms. The van der Waals surface area contributed by atoms with E-state index in [9.17, 15) is 14.9 Å². The van der Waals surface area contributed by atoms with Crippen molar-refractivity contribution < 1.29 is 9.72 Å². The van der Waals surface area contributed by atoms with Gasteiger partial charge in [-0.2, -0.15) is 0 Å². The van der Waals surface area contributed by atoms with E-state index in [1.807, 2.05) is 18.2 Å². The maximum atomic E-state index is 11.6. The largest absolute Gasteiger partial charge is 0.324 e. The van der Waals surface area contributed by atoms with E-state index in [0.717, 1.165) is 11.3 Å². The van der Waals surface area contributed by atoms with E-state index < -0.39 is 4.92 Å². The zero-order valence-electron chi connectivity index (χ0n) is 9.78. The highest BCUT2D eigenvalue weighted by Gasteiger charge is 2.07. The first-order valence-electron chi connectivity index (χ1n) is 5.43. The van der Waals surface area contributed by atoms with Crippen LogP contribution in [0.5, 0.6) is 0 Å². The van der Waals surface area contributed by atoms with Gasteiger partial charge in [-0.25, -0.2) is 0 Å². The lowest BCUT2D eigenvalue weighted by molar-refractivity contribution is -0.380. The lowest BCUT2D eigenvalue weighted by atomic mass is 10.3. The normalized spacial score (nSPS) is 10.5. The maximum absolute atomic E-state index is 11.6. The number of nitro groups is 1. The number of carbonyl (C=O) groups excluding carboxylic acids is 1. The molecule has 0 aliphatic carbocycles. The molecule has 0 saturated heterocycles. The fourth-order valence-electron chi connectivity index (χ4n) is 1.39. The average Bonchev–Trinajstić information content (AvgIpc) is 2.86. The van der Waals surface area contributed by atoms with Crippen LogP contribution in [0.1, 0.15) is 4.88 Å². The number of rotatable bonds is 4. The zero-order valence-corrected chi connectivity index (χ0v) is 10.6.